The van der Waals surface area contributed by atoms with Crippen molar-refractivity contribution in [2.45, 2.75) is 59.2 Å². The SMILES string of the molecule is CC(C)(C)NCc1cc(OC(C)(C)C)ccn1. The van der Waals surface area contributed by atoms with Gasteiger partial charge in [-0.1, -0.05) is 0 Å². The molecule has 3 nitrogen and oxygen atoms in total. The van der Waals surface area contributed by atoms with Gasteiger partial charge in [0.25, 0.3) is 0 Å². The Kier molecular flexibility index (Phi) is 4.15. The fourth-order valence-corrected chi connectivity index (χ4v) is 1.33. The van der Waals surface area contributed by atoms with Crippen molar-refractivity contribution in [2.24, 2.45) is 0 Å². The third-order valence-electron chi connectivity index (χ3n) is 2.01. The number of aromatic nitrogens is 1. The highest BCUT2D eigenvalue weighted by atomic mass is 16.5. The van der Waals surface area contributed by atoms with E-state index in [0.717, 1.165) is 18.0 Å². The summed E-state index contributed by atoms with van der Waals surface area (Å²) < 4.78 is 5.81. The van der Waals surface area contributed by atoms with Crippen LogP contribution in [0.5, 0.6) is 5.75 Å². The molecule has 0 radical (unpaired) electrons. The first-order chi connectivity index (χ1) is 7.66. The van der Waals surface area contributed by atoms with Crippen LogP contribution in [0.15, 0.2) is 18.3 Å². The topological polar surface area (TPSA) is 34.1 Å². The smallest absolute Gasteiger partial charge is 0.123 e. The molecular formula is C14H24N2O. The van der Waals surface area contributed by atoms with Crippen LogP contribution in [0, 0.1) is 0 Å². The van der Waals surface area contributed by atoms with Gasteiger partial charge in [-0.3, -0.25) is 4.98 Å². The molecule has 1 N–H and O–H groups in total. The number of nitrogens with zero attached hydrogens (tertiary/aromatic N) is 1. The Labute approximate surface area is 105 Å². The predicted octanol–water partition coefficient (Wildman–Crippen LogP) is 3.15. The maximum absolute atomic E-state index is 5.81. The summed E-state index contributed by atoms with van der Waals surface area (Å²) in [7, 11) is 0. The first kappa shape index (κ1) is 14.0. The van der Waals surface area contributed by atoms with E-state index >= 15 is 0 Å². The molecule has 3 heteroatoms. The molecule has 0 saturated carbocycles. The quantitative estimate of drug-likeness (QED) is 0.875. The molecular weight excluding hydrogens is 212 g/mol. The van der Waals surface area contributed by atoms with Gasteiger partial charge in [-0.25, -0.2) is 0 Å². The molecule has 0 spiro atoms. The van der Waals surface area contributed by atoms with E-state index in [9.17, 15) is 0 Å². The van der Waals surface area contributed by atoms with Gasteiger partial charge in [0, 0.05) is 24.3 Å². The van der Waals surface area contributed by atoms with Gasteiger partial charge in [0.15, 0.2) is 0 Å². The normalized spacial score (nSPS) is 12.6. The Morgan fingerprint density at radius 1 is 1.18 bits per heavy atom. The third kappa shape index (κ3) is 6.27. The van der Waals surface area contributed by atoms with Crippen molar-refractivity contribution in [3.63, 3.8) is 0 Å². The summed E-state index contributed by atoms with van der Waals surface area (Å²) in [4.78, 5) is 4.33. The van der Waals surface area contributed by atoms with Crippen LogP contribution in [0.1, 0.15) is 47.2 Å². The fourth-order valence-electron chi connectivity index (χ4n) is 1.33. The Hall–Kier alpha value is -1.09. The number of pyridine rings is 1. The molecule has 0 amide bonds. The Balaban J connectivity index is 2.66. The summed E-state index contributed by atoms with van der Waals surface area (Å²) >= 11 is 0. The minimum Gasteiger partial charge on any atom is -0.488 e. The van der Waals surface area contributed by atoms with Gasteiger partial charge < -0.3 is 10.1 Å². The molecule has 1 rings (SSSR count). The lowest BCUT2D eigenvalue weighted by Crippen LogP contribution is -2.35. The van der Waals surface area contributed by atoms with Gasteiger partial charge in [0.1, 0.15) is 11.4 Å². The average Bonchev–Trinajstić information content (AvgIpc) is 2.11. The van der Waals surface area contributed by atoms with Gasteiger partial charge in [-0.05, 0) is 47.6 Å². The standard InChI is InChI=1S/C14H24N2O/c1-13(2,3)16-10-11-9-12(7-8-15-11)17-14(4,5)6/h7-9,16H,10H2,1-6H3. The van der Waals surface area contributed by atoms with E-state index in [0.29, 0.717) is 0 Å². The lowest BCUT2D eigenvalue weighted by Gasteiger charge is -2.22. The molecule has 17 heavy (non-hydrogen) atoms. The van der Waals surface area contributed by atoms with Crippen LogP contribution in [0.3, 0.4) is 0 Å². The second-order valence-corrected chi connectivity index (χ2v) is 6.30. The monoisotopic (exact) mass is 236 g/mol. The summed E-state index contributed by atoms with van der Waals surface area (Å²) in [5, 5.41) is 3.41. The van der Waals surface area contributed by atoms with Crippen LogP contribution >= 0.6 is 0 Å². The molecule has 1 aromatic heterocycles. The Morgan fingerprint density at radius 2 is 1.82 bits per heavy atom. The molecule has 0 aliphatic carbocycles. The first-order valence-electron chi connectivity index (χ1n) is 6.05. The summed E-state index contributed by atoms with van der Waals surface area (Å²) in [6, 6.07) is 3.88. The van der Waals surface area contributed by atoms with Crippen molar-refractivity contribution in [2.75, 3.05) is 0 Å². The number of hydrogen-bond donors (Lipinski definition) is 1. The molecule has 0 fully saturated rings. The summed E-state index contributed by atoms with van der Waals surface area (Å²) in [6.07, 6.45) is 1.79. The van der Waals surface area contributed by atoms with Crippen LogP contribution in [0.4, 0.5) is 0 Å². The largest absolute Gasteiger partial charge is 0.488 e. The number of ether oxygens (including phenoxy) is 1. The summed E-state index contributed by atoms with van der Waals surface area (Å²) in [5.41, 5.74) is 0.931. The van der Waals surface area contributed by atoms with Crippen LogP contribution in [-0.4, -0.2) is 16.1 Å². The van der Waals surface area contributed by atoms with Crippen LogP contribution < -0.4 is 10.1 Å². The number of nitrogens with one attached hydrogen (secondary N) is 1. The van der Waals surface area contributed by atoms with E-state index in [2.05, 4.69) is 31.1 Å². The molecule has 0 aliphatic heterocycles. The first-order valence-corrected chi connectivity index (χ1v) is 6.05. The molecule has 0 atom stereocenters. The van der Waals surface area contributed by atoms with Gasteiger partial charge >= 0.3 is 0 Å². The average molecular weight is 236 g/mol. The minimum atomic E-state index is -0.171. The van der Waals surface area contributed by atoms with Crippen LogP contribution in [0.25, 0.3) is 0 Å². The van der Waals surface area contributed by atoms with Gasteiger partial charge in [-0.15, -0.1) is 0 Å². The lowest BCUT2D eigenvalue weighted by atomic mass is 10.1. The molecule has 0 unspecified atom stereocenters. The number of hydrogen-bond acceptors (Lipinski definition) is 3. The second kappa shape index (κ2) is 5.05. The van der Waals surface area contributed by atoms with Crippen LogP contribution in [-0.2, 0) is 6.54 Å². The van der Waals surface area contributed by atoms with Crippen molar-refractivity contribution < 1.29 is 4.74 Å². The maximum atomic E-state index is 5.81. The van der Waals surface area contributed by atoms with Crippen molar-refractivity contribution in [1.82, 2.24) is 10.3 Å². The highest BCUT2D eigenvalue weighted by molar-refractivity contribution is 5.23. The van der Waals surface area contributed by atoms with Crippen molar-refractivity contribution in [1.29, 1.82) is 0 Å². The van der Waals surface area contributed by atoms with Gasteiger partial charge in [0.2, 0.25) is 0 Å². The fraction of sp³-hybridized carbons (Fsp3) is 0.643. The van der Waals surface area contributed by atoms with E-state index in [-0.39, 0.29) is 11.1 Å². The predicted molar refractivity (Wildman–Crippen MR) is 71.2 cm³/mol. The number of rotatable bonds is 3. The maximum Gasteiger partial charge on any atom is 0.123 e. The summed E-state index contributed by atoms with van der Waals surface area (Å²) in [5.74, 6) is 0.873. The van der Waals surface area contributed by atoms with Crippen LogP contribution in [0.2, 0.25) is 0 Å². The highest BCUT2D eigenvalue weighted by Crippen LogP contribution is 2.18. The zero-order valence-electron chi connectivity index (χ0n) is 11.8. The van der Waals surface area contributed by atoms with Gasteiger partial charge in [-0.2, -0.15) is 0 Å². The highest BCUT2D eigenvalue weighted by Gasteiger charge is 2.13. The van der Waals surface area contributed by atoms with E-state index in [1.54, 1.807) is 6.20 Å². The second-order valence-electron chi connectivity index (χ2n) is 6.30. The molecule has 1 heterocycles. The Bertz CT molecular complexity index is 361. The van der Waals surface area contributed by atoms with E-state index in [1.807, 2.05) is 32.9 Å². The zero-order chi connectivity index (χ0) is 13.1. The molecule has 0 aromatic carbocycles. The van der Waals surface area contributed by atoms with E-state index in [1.165, 1.54) is 0 Å². The third-order valence-corrected chi connectivity index (χ3v) is 2.01. The summed E-state index contributed by atoms with van der Waals surface area (Å²) in [6.45, 7) is 13.3. The van der Waals surface area contributed by atoms with E-state index in [4.69, 9.17) is 4.74 Å². The molecule has 0 saturated heterocycles. The van der Waals surface area contributed by atoms with Crippen molar-refractivity contribution in [3.05, 3.63) is 24.0 Å². The van der Waals surface area contributed by atoms with Gasteiger partial charge in [0.05, 0.1) is 5.69 Å². The molecule has 96 valence electrons. The molecule has 1 aromatic rings. The minimum absolute atomic E-state index is 0.0998. The molecule has 0 bridgehead atoms. The van der Waals surface area contributed by atoms with Crippen molar-refractivity contribution in [3.8, 4) is 5.75 Å². The van der Waals surface area contributed by atoms with Crippen molar-refractivity contribution >= 4 is 0 Å². The Morgan fingerprint density at radius 3 is 2.35 bits per heavy atom. The lowest BCUT2D eigenvalue weighted by molar-refractivity contribution is 0.130. The molecule has 0 aliphatic rings. The van der Waals surface area contributed by atoms with E-state index < -0.39 is 0 Å². The zero-order valence-corrected chi connectivity index (χ0v) is 11.8.